The summed E-state index contributed by atoms with van der Waals surface area (Å²) in [6, 6.07) is 0. The molecule has 1 aliphatic heterocycles. The second-order valence-corrected chi connectivity index (χ2v) is 2.34. The van der Waals surface area contributed by atoms with Gasteiger partial charge in [-0.25, -0.2) is 9.97 Å². The van der Waals surface area contributed by atoms with Gasteiger partial charge in [-0.15, -0.1) is 0 Å². The molecule has 2 heterocycles. The highest BCUT2D eigenvalue weighted by molar-refractivity contribution is 5.83. The molecule has 56 valence electrons. The summed E-state index contributed by atoms with van der Waals surface area (Å²) in [7, 11) is 0. The quantitative estimate of drug-likeness (QED) is 0.521. The van der Waals surface area contributed by atoms with Crippen LogP contribution in [0.15, 0.2) is 12.5 Å². The number of carbonyl (C=O) groups is 1. The lowest BCUT2D eigenvalue weighted by atomic mass is 10.2. The van der Waals surface area contributed by atoms with Crippen molar-refractivity contribution in [3.63, 3.8) is 0 Å². The van der Waals surface area contributed by atoms with E-state index in [4.69, 9.17) is 4.74 Å². The van der Waals surface area contributed by atoms with E-state index in [1.165, 1.54) is 6.33 Å². The Balaban J connectivity index is 2.41. The number of ketones is 1. The Bertz CT molecular complexity index is 298. The first-order valence-corrected chi connectivity index (χ1v) is 3.29. The predicted octanol–water partition coefficient (Wildman–Crippen LogP) is -0.0194. The molecule has 0 unspecified atom stereocenters. The van der Waals surface area contributed by atoms with Crippen LogP contribution >= 0.6 is 0 Å². The van der Waals surface area contributed by atoms with Crippen LogP contribution in [0, 0.1) is 0 Å². The molecule has 1 aromatic heterocycles. The molecule has 0 saturated heterocycles. The van der Waals surface area contributed by atoms with Gasteiger partial charge in [0.2, 0.25) is 0 Å². The Morgan fingerprint density at radius 1 is 1.55 bits per heavy atom. The molecule has 2 rings (SSSR count). The fourth-order valence-electron chi connectivity index (χ4n) is 0.992. The van der Waals surface area contributed by atoms with Crippen LogP contribution in [0.3, 0.4) is 0 Å². The van der Waals surface area contributed by atoms with E-state index in [-0.39, 0.29) is 12.4 Å². The van der Waals surface area contributed by atoms with E-state index >= 15 is 0 Å². The van der Waals surface area contributed by atoms with Crippen LogP contribution in [0.5, 0.6) is 5.75 Å². The summed E-state index contributed by atoms with van der Waals surface area (Å²) in [5, 5.41) is 0. The van der Waals surface area contributed by atoms with Gasteiger partial charge >= 0.3 is 0 Å². The molecule has 0 bridgehead atoms. The van der Waals surface area contributed by atoms with Crippen LogP contribution in [0.4, 0.5) is 0 Å². The molecule has 11 heavy (non-hydrogen) atoms. The lowest BCUT2D eigenvalue weighted by Crippen LogP contribution is -2.21. The molecule has 0 aromatic carbocycles. The first-order chi connectivity index (χ1) is 5.36. The minimum Gasteiger partial charge on any atom is -0.482 e. The molecule has 0 amide bonds. The molecule has 0 saturated carbocycles. The Morgan fingerprint density at radius 2 is 2.45 bits per heavy atom. The maximum absolute atomic E-state index is 10.8. The van der Waals surface area contributed by atoms with Crippen molar-refractivity contribution < 1.29 is 9.53 Å². The van der Waals surface area contributed by atoms with Crippen molar-refractivity contribution in [3.05, 3.63) is 18.2 Å². The lowest BCUT2D eigenvalue weighted by molar-refractivity contribution is -0.121. The molecular weight excluding hydrogens is 144 g/mol. The molecule has 0 radical (unpaired) electrons. The van der Waals surface area contributed by atoms with E-state index in [1.54, 1.807) is 6.20 Å². The third-order valence-corrected chi connectivity index (χ3v) is 1.51. The number of aromatic nitrogens is 2. The van der Waals surface area contributed by atoms with Gasteiger partial charge in [-0.2, -0.15) is 0 Å². The molecule has 4 nitrogen and oxygen atoms in total. The second-order valence-electron chi connectivity index (χ2n) is 2.34. The summed E-state index contributed by atoms with van der Waals surface area (Å²) in [6.07, 6.45) is 3.37. The van der Waals surface area contributed by atoms with Crippen LogP contribution in [0.2, 0.25) is 0 Å². The first-order valence-electron chi connectivity index (χ1n) is 3.29. The molecule has 0 fully saturated rings. The van der Waals surface area contributed by atoms with Gasteiger partial charge in [0.1, 0.15) is 12.9 Å². The largest absolute Gasteiger partial charge is 0.482 e. The molecule has 0 atom stereocenters. The van der Waals surface area contributed by atoms with Gasteiger partial charge in [-0.1, -0.05) is 0 Å². The van der Waals surface area contributed by atoms with Crippen molar-refractivity contribution in [2.24, 2.45) is 0 Å². The van der Waals surface area contributed by atoms with E-state index in [0.717, 1.165) is 0 Å². The second kappa shape index (κ2) is 2.30. The highest BCUT2D eigenvalue weighted by Crippen LogP contribution is 2.18. The van der Waals surface area contributed by atoms with Gasteiger partial charge in [0.15, 0.2) is 11.5 Å². The number of hydrogen-bond acceptors (Lipinski definition) is 4. The van der Waals surface area contributed by atoms with Crippen molar-refractivity contribution >= 4 is 5.78 Å². The fourth-order valence-corrected chi connectivity index (χ4v) is 0.992. The predicted molar refractivity (Wildman–Crippen MR) is 36.2 cm³/mol. The Kier molecular flexibility index (Phi) is 1.31. The Hall–Kier alpha value is -1.45. The minimum atomic E-state index is 0.0659. The summed E-state index contributed by atoms with van der Waals surface area (Å²) in [4.78, 5) is 18.5. The van der Waals surface area contributed by atoms with Gasteiger partial charge in [0.05, 0.1) is 18.3 Å². The molecule has 1 aliphatic rings. The van der Waals surface area contributed by atoms with Crippen LogP contribution < -0.4 is 4.74 Å². The van der Waals surface area contributed by atoms with Gasteiger partial charge < -0.3 is 4.74 Å². The third kappa shape index (κ3) is 1.07. The van der Waals surface area contributed by atoms with Crippen LogP contribution in [0.25, 0.3) is 0 Å². The zero-order chi connectivity index (χ0) is 7.68. The highest BCUT2D eigenvalue weighted by atomic mass is 16.5. The van der Waals surface area contributed by atoms with Gasteiger partial charge in [0.25, 0.3) is 0 Å². The number of carbonyl (C=O) groups excluding carboxylic acids is 1. The molecule has 1 aromatic rings. The van der Waals surface area contributed by atoms with E-state index in [1.807, 2.05) is 0 Å². The molecule has 0 aliphatic carbocycles. The van der Waals surface area contributed by atoms with Crippen molar-refractivity contribution in [3.8, 4) is 5.75 Å². The van der Waals surface area contributed by atoms with Gasteiger partial charge in [-0.3, -0.25) is 4.79 Å². The average Bonchev–Trinajstić information content (AvgIpc) is 2.04. The SMILES string of the molecule is O=C1COc2cncnc2C1. The third-order valence-electron chi connectivity index (χ3n) is 1.51. The molecule has 0 spiro atoms. The van der Waals surface area contributed by atoms with E-state index < -0.39 is 0 Å². The number of rotatable bonds is 0. The zero-order valence-corrected chi connectivity index (χ0v) is 5.78. The van der Waals surface area contributed by atoms with Crippen LogP contribution in [-0.2, 0) is 11.2 Å². The van der Waals surface area contributed by atoms with Gasteiger partial charge in [0, 0.05) is 0 Å². The number of nitrogens with zero attached hydrogens (tertiary/aromatic N) is 2. The summed E-state index contributed by atoms with van der Waals surface area (Å²) in [5.74, 6) is 0.698. The fraction of sp³-hybridized carbons (Fsp3) is 0.286. The van der Waals surface area contributed by atoms with E-state index in [0.29, 0.717) is 17.9 Å². The van der Waals surface area contributed by atoms with Crippen LogP contribution in [-0.4, -0.2) is 22.4 Å². The summed E-state index contributed by atoms with van der Waals surface area (Å²) in [6.45, 7) is 0.153. The maximum Gasteiger partial charge on any atom is 0.176 e. The van der Waals surface area contributed by atoms with Crippen molar-refractivity contribution in [1.29, 1.82) is 0 Å². The van der Waals surface area contributed by atoms with Crippen molar-refractivity contribution in [1.82, 2.24) is 9.97 Å². The smallest absolute Gasteiger partial charge is 0.176 e. The molecule has 4 heteroatoms. The number of ether oxygens (including phenoxy) is 1. The summed E-state index contributed by atoms with van der Waals surface area (Å²) >= 11 is 0. The standard InChI is InChI=1S/C7H6N2O2/c10-5-1-6-7(11-3-5)2-8-4-9-6/h2,4H,1,3H2. The first kappa shape index (κ1) is 6.27. The summed E-state index contributed by atoms with van der Waals surface area (Å²) < 4.78 is 5.06. The Labute approximate surface area is 63.2 Å². The van der Waals surface area contributed by atoms with Crippen molar-refractivity contribution in [2.45, 2.75) is 6.42 Å². The van der Waals surface area contributed by atoms with E-state index in [9.17, 15) is 4.79 Å². The number of hydrogen-bond donors (Lipinski definition) is 0. The zero-order valence-electron chi connectivity index (χ0n) is 5.78. The molecule has 0 N–H and O–H groups in total. The minimum absolute atomic E-state index is 0.0659. The number of fused-ring (bicyclic) bond motifs is 1. The maximum atomic E-state index is 10.8. The number of Topliss-reactive ketones (excluding diaryl/α,β-unsaturated/α-hetero) is 1. The normalized spacial score (nSPS) is 15.5. The summed E-state index contributed by atoms with van der Waals surface area (Å²) in [5.41, 5.74) is 0.691. The van der Waals surface area contributed by atoms with Crippen LogP contribution in [0.1, 0.15) is 5.69 Å². The van der Waals surface area contributed by atoms with Crippen molar-refractivity contribution in [2.75, 3.05) is 6.61 Å². The lowest BCUT2D eigenvalue weighted by Gasteiger charge is -2.13. The average molecular weight is 150 g/mol. The monoisotopic (exact) mass is 150 g/mol. The van der Waals surface area contributed by atoms with Gasteiger partial charge in [-0.05, 0) is 0 Å². The van der Waals surface area contributed by atoms with E-state index in [2.05, 4.69) is 9.97 Å². The highest BCUT2D eigenvalue weighted by Gasteiger charge is 2.16. The Morgan fingerprint density at radius 3 is 3.36 bits per heavy atom. The molecular formula is C7H6N2O2. The topological polar surface area (TPSA) is 52.1 Å².